The standard InChI is InChI=1S/C13H27N/c1-12(2)7-6-9-14(5)10-8-13(3,4)11-12/h6-11H2,1-5H3. The molecule has 84 valence electrons. The minimum Gasteiger partial charge on any atom is -0.306 e. The summed E-state index contributed by atoms with van der Waals surface area (Å²) in [6.45, 7) is 12.3. The summed E-state index contributed by atoms with van der Waals surface area (Å²) in [5, 5.41) is 0. The van der Waals surface area contributed by atoms with Crippen molar-refractivity contribution >= 4 is 0 Å². The van der Waals surface area contributed by atoms with E-state index >= 15 is 0 Å². The summed E-state index contributed by atoms with van der Waals surface area (Å²) in [4.78, 5) is 2.49. The Morgan fingerprint density at radius 3 is 2.07 bits per heavy atom. The Balaban J connectivity index is 2.65. The Morgan fingerprint density at radius 2 is 1.43 bits per heavy atom. The second-order valence-corrected chi connectivity index (χ2v) is 6.66. The molecule has 14 heavy (non-hydrogen) atoms. The summed E-state index contributed by atoms with van der Waals surface area (Å²) in [5.41, 5.74) is 1.05. The van der Waals surface area contributed by atoms with Crippen LogP contribution >= 0.6 is 0 Å². The molecule has 1 nitrogen and oxygen atoms in total. The van der Waals surface area contributed by atoms with E-state index in [2.05, 4.69) is 39.6 Å². The third-order valence-corrected chi connectivity index (χ3v) is 3.52. The summed E-state index contributed by atoms with van der Waals surface area (Å²) in [5.74, 6) is 0. The van der Waals surface area contributed by atoms with E-state index in [0.717, 1.165) is 0 Å². The van der Waals surface area contributed by atoms with Crippen molar-refractivity contribution in [3.8, 4) is 0 Å². The van der Waals surface area contributed by atoms with Crippen LogP contribution < -0.4 is 0 Å². The fourth-order valence-corrected chi connectivity index (χ4v) is 2.91. The van der Waals surface area contributed by atoms with E-state index in [0.29, 0.717) is 10.8 Å². The molecule has 0 unspecified atom stereocenters. The van der Waals surface area contributed by atoms with Crippen molar-refractivity contribution in [2.75, 3.05) is 20.1 Å². The van der Waals surface area contributed by atoms with Gasteiger partial charge in [0.2, 0.25) is 0 Å². The lowest BCUT2D eigenvalue weighted by Gasteiger charge is -2.34. The molecular formula is C13H27N. The monoisotopic (exact) mass is 197 g/mol. The molecule has 0 aliphatic carbocycles. The molecule has 0 radical (unpaired) electrons. The molecular weight excluding hydrogens is 170 g/mol. The van der Waals surface area contributed by atoms with Crippen LogP contribution in [0.25, 0.3) is 0 Å². The quantitative estimate of drug-likeness (QED) is 0.574. The van der Waals surface area contributed by atoms with Crippen LogP contribution in [0.5, 0.6) is 0 Å². The highest BCUT2D eigenvalue weighted by Gasteiger charge is 2.29. The van der Waals surface area contributed by atoms with Gasteiger partial charge in [-0.1, -0.05) is 27.7 Å². The van der Waals surface area contributed by atoms with Gasteiger partial charge in [0.1, 0.15) is 0 Å². The molecule has 1 fully saturated rings. The van der Waals surface area contributed by atoms with E-state index < -0.39 is 0 Å². The van der Waals surface area contributed by atoms with Gasteiger partial charge in [-0.2, -0.15) is 0 Å². The molecule has 0 saturated carbocycles. The zero-order valence-corrected chi connectivity index (χ0v) is 10.7. The lowest BCUT2D eigenvalue weighted by molar-refractivity contribution is 0.173. The van der Waals surface area contributed by atoms with Crippen molar-refractivity contribution in [1.29, 1.82) is 0 Å². The lowest BCUT2D eigenvalue weighted by Crippen LogP contribution is -2.26. The molecule has 0 aromatic carbocycles. The molecule has 0 spiro atoms. The van der Waals surface area contributed by atoms with Crippen LogP contribution in [0.1, 0.15) is 53.4 Å². The van der Waals surface area contributed by atoms with Crippen LogP contribution in [0.2, 0.25) is 0 Å². The zero-order valence-electron chi connectivity index (χ0n) is 10.7. The first-order valence-electron chi connectivity index (χ1n) is 5.99. The normalized spacial score (nSPS) is 28.9. The minimum atomic E-state index is 0.516. The largest absolute Gasteiger partial charge is 0.306 e. The Labute approximate surface area is 89.9 Å². The Bertz CT molecular complexity index is 182. The van der Waals surface area contributed by atoms with Crippen LogP contribution in [0.4, 0.5) is 0 Å². The summed E-state index contributed by atoms with van der Waals surface area (Å²) in [6.07, 6.45) is 5.45. The Morgan fingerprint density at radius 1 is 0.857 bits per heavy atom. The first kappa shape index (κ1) is 12.0. The molecule has 1 heterocycles. The van der Waals surface area contributed by atoms with Gasteiger partial charge in [-0.3, -0.25) is 0 Å². The second kappa shape index (κ2) is 4.22. The summed E-state index contributed by atoms with van der Waals surface area (Å²) in [7, 11) is 2.26. The van der Waals surface area contributed by atoms with Gasteiger partial charge in [-0.15, -0.1) is 0 Å². The van der Waals surface area contributed by atoms with Gasteiger partial charge < -0.3 is 4.90 Å². The van der Waals surface area contributed by atoms with Crippen molar-refractivity contribution in [3.05, 3.63) is 0 Å². The molecule has 1 aliphatic heterocycles. The SMILES string of the molecule is CN1CCCC(C)(C)CC(C)(C)CC1. The summed E-state index contributed by atoms with van der Waals surface area (Å²) in [6, 6.07) is 0. The molecule has 1 heteroatoms. The molecule has 0 amide bonds. The van der Waals surface area contributed by atoms with Gasteiger partial charge in [0.05, 0.1) is 0 Å². The molecule has 1 saturated heterocycles. The van der Waals surface area contributed by atoms with Gasteiger partial charge in [0.15, 0.2) is 0 Å². The number of hydrogen-bond acceptors (Lipinski definition) is 1. The van der Waals surface area contributed by atoms with Gasteiger partial charge in [0.25, 0.3) is 0 Å². The first-order valence-corrected chi connectivity index (χ1v) is 5.99. The molecule has 1 rings (SSSR count). The van der Waals surface area contributed by atoms with Gasteiger partial charge in [-0.25, -0.2) is 0 Å². The number of rotatable bonds is 0. The summed E-state index contributed by atoms with van der Waals surface area (Å²) >= 11 is 0. The van der Waals surface area contributed by atoms with Gasteiger partial charge >= 0.3 is 0 Å². The van der Waals surface area contributed by atoms with Crippen molar-refractivity contribution < 1.29 is 0 Å². The van der Waals surface area contributed by atoms with E-state index in [1.165, 1.54) is 38.8 Å². The third kappa shape index (κ3) is 4.00. The summed E-state index contributed by atoms with van der Waals surface area (Å²) < 4.78 is 0. The van der Waals surface area contributed by atoms with Crippen LogP contribution in [-0.4, -0.2) is 25.0 Å². The van der Waals surface area contributed by atoms with Crippen molar-refractivity contribution in [2.45, 2.75) is 53.4 Å². The highest BCUT2D eigenvalue weighted by molar-refractivity contribution is 4.81. The molecule has 0 bridgehead atoms. The highest BCUT2D eigenvalue weighted by atomic mass is 15.1. The maximum atomic E-state index is 2.49. The van der Waals surface area contributed by atoms with Crippen LogP contribution in [0.15, 0.2) is 0 Å². The van der Waals surface area contributed by atoms with Gasteiger partial charge in [-0.05, 0) is 56.7 Å². The van der Waals surface area contributed by atoms with Gasteiger partial charge in [0, 0.05) is 0 Å². The van der Waals surface area contributed by atoms with Crippen LogP contribution in [0, 0.1) is 10.8 Å². The number of hydrogen-bond donors (Lipinski definition) is 0. The maximum Gasteiger partial charge on any atom is -0.00167 e. The fraction of sp³-hybridized carbons (Fsp3) is 1.00. The molecule has 1 aliphatic rings. The average Bonchev–Trinajstić information content (AvgIpc) is 2.01. The third-order valence-electron chi connectivity index (χ3n) is 3.52. The Kier molecular flexibility index (Phi) is 3.63. The predicted octanol–water partition coefficient (Wildman–Crippen LogP) is 3.54. The van der Waals surface area contributed by atoms with Crippen LogP contribution in [0.3, 0.4) is 0 Å². The zero-order chi connectivity index (χ0) is 10.8. The number of nitrogens with zero attached hydrogens (tertiary/aromatic N) is 1. The van der Waals surface area contributed by atoms with Crippen LogP contribution in [-0.2, 0) is 0 Å². The topological polar surface area (TPSA) is 3.24 Å². The van der Waals surface area contributed by atoms with E-state index in [4.69, 9.17) is 0 Å². The minimum absolute atomic E-state index is 0.516. The predicted molar refractivity (Wildman–Crippen MR) is 63.5 cm³/mol. The van der Waals surface area contributed by atoms with Crippen molar-refractivity contribution in [3.63, 3.8) is 0 Å². The molecule has 0 aromatic rings. The second-order valence-electron chi connectivity index (χ2n) is 6.66. The van der Waals surface area contributed by atoms with E-state index in [1.54, 1.807) is 0 Å². The maximum absolute atomic E-state index is 2.49. The van der Waals surface area contributed by atoms with E-state index in [-0.39, 0.29) is 0 Å². The fourth-order valence-electron chi connectivity index (χ4n) is 2.91. The van der Waals surface area contributed by atoms with Crippen molar-refractivity contribution in [1.82, 2.24) is 4.90 Å². The van der Waals surface area contributed by atoms with Crippen molar-refractivity contribution in [2.24, 2.45) is 10.8 Å². The first-order chi connectivity index (χ1) is 6.31. The van der Waals surface area contributed by atoms with E-state index in [1.807, 2.05) is 0 Å². The molecule has 0 N–H and O–H groups in total. The molecule has 0 aromatic heterocycles. The lowest BCUT2D eigenvalue weighted by atomic mass is 9.72. The van der Waals surface area contributed by atoms with E-state index in [9.17, 15) is 0 Å². The highest BCUT2D eigenvalue weighted by Crippen LogP contribution is 2.39. The molecule has 0 atom stereocenters. The average molecular weight is 197 g/mol. The Hall–Kier alpha value is -0.0400. The smallest absolute Gasteiger partial charge is 0.00167 e.